The lowest BCUT2D eigenvalue weighted by atomic mass is 10.2. The molecule has 2 rings (SSSR count). The monoisotopic (exact) mass is 403 g/mol. The van der Waals surface area contributed by atoms with Gasteiger partial charge in [0, 0.05) is 42.5 Å². The van der Waals surface area contributed by atoms with Crippen LogP contribution in [0, 0.1) is 0 Å². The van der Waals surface area contributed by atoms with Gasteiger partial charge < -0.3 is 15.4 Å². The lowest BCUT2D eigenvalue weighted by Crippen LogP contribution is -2.33. The molecule has 0 aliphatic heterocycles. The zero-order valence-electron chi connectivity index (χ0n) is 14.9. The summed E-state index contributed by atoms with van der Waals surface area (Å²) in [7, 11) is 1.62. The predicted molar refractivity (Wildman–Crippen MR) is 113 cm³/mol. The summed E-state index contributed by atoms with van der Waals surface area (Å²) in [6.45, 7) is 1.13. The summed E-state index contributed by atoms with van der Waals surface area (Å²) in [5.41, 5.74) is 1.12. The number of thiophene rings is 1. The number of hydrogen-bond donors (Lipinski definition) is 3. The van der Waals surface area contributed by atoms with Gasteiger partial charge in [0.1, 0.15) is 0 Å². The van der Waals surface area contributed by atoms with Crippen molar-refractivity contribution < 1.29 is 14.3 Å². The third-order valence-electron chi connectivity index (χ3n) is 3.37. The van der Waals surface area contributed by atoms with Crippen molar-refractivity contribution >= 4 is 52.2 Å². The van der Waals surface area contributed by atoms with Crippen molar-refractivity contribution in [1.82, 2.24) is 10.6 Å². The minimum Gasteiger partial charge on any atom is -0.385 e. The van der Waals surface area contributed by atoms with Crippen molar-refractivity contribution in [3.63, 3.8) is 0 Å². The van der Waals surface area contributed by atoms with E-state index >= 15 is 0 Å². The average Bonchev–Trinajstić information content (AvgIpc) is 3.17. The van der Waals surface area contributed by atoms with Gasteiger partial charge in [0.15, 0.2) is 5.11 Å². The molecule has 1 aromatic carbocycles. The van der Waals surface area contributed by atoms with Gasteiger partial charge in [-0.15, -0.1) is 11.3 Å². The Bertz CT molecular complexity index is 804. The maximum atomic E-state index is 12.1. The summed E-state index contributed by atoms with van der Waals surface area (Å²) >= 11 is 6.68. The molecule has 2 amide bonds. The van der Waals surface area contributed by atoms with Crippen LogP contribution in [0.1, 0.15) is 21.7 Å². The van der Waals surface area contributed by atoms with Gasteiger partial charge in [0.2, 0.25) is 5.91 Å². The SMILES string of the molecule is COCCCNC(=O)c1cccc(NC(=S)NC(=O)/C=C/c2cccs2)c1. The molecule has 142 valence electrons. The number of ether oxygens (including phenoxy) is 1. The topological polar surface area (TPSA) is 79.5 Å². The molecule has 1 heterocycles. The van der Waals surface area contributed by atoms with Crippen molar-refractivity contribution in [2.24, 2.45) is 0 Å². The number of benzene rings is 1. The summed E-state index contributed by atoms with van der Waals surface area (Å²) in [5.74, 6) is -0.503. The molecule has 0 unspecified atom stereocenters. The van der Waals surface area contributed by atoms with Crippen LogP contribution in [0.25, 0.3) is 6.08 Å². The molecule has 0 saturated carbocycles. The normalized spacial score (nSPS) is 10.6. The van der Waals surface area contributed by atoms with E-state index in [0.717, 1.165) is 11.3 Å². The van der Waals surface area contributed by atoms with Crippen LogP contribution in [-0.4, -0.2) is 37.2 Å². The van der Waals surface area contributed by atoms with Gasteiger partial charge in [-0.25, -0.2) is 0 Å². The highest BCUT2D eigenvalue weighted by atomic mass is 32.1. The smallest absolute Gasteiger partial charge is 0.251 e. The Morgan fingerprint density at radius 2 is 2.11 bits per heavy atom. The van der Waals surface area contributed by atoms with E-state index < -0.39 is 0 Å². The highest BCUT2D eigenvalue weighted by Crippen LogP contribution is 2.11. The molecule has 27 heavy (non-hydrogen) atoms. The molecule has 6 nitrogen and oxygen atoms in total. The second-order valence-electron chi connectivity index (χ2n) is 5.48. The maximum absolute atomic E-state index is 12.1. The fourth-order valence-corrected chi connectivity index (χ4v) is 2.95. The van der Waals surface area contributed by atoms with Crippen LogP contribution in [0.15, 0.2) is 47.9 Å². The summed E-state index contributed by atoms with van der Waals surface area (Å²) in [5, 5.41) is 10.4. The number of carbonyl (C=O) groups is 2. The average molecular weight is 404 g/mol. The fraction of sp³-hybridized carbons (Fsp3) is 0.211. The van der Waals surface area contributed by atoms with Crippen molar-refractivity contribution in [3.05, 3.63) is 58.3 Å². The highest BCUT2D eigenvalue weighted by molar-refractivity contribution is 7.80. The van der Waals surface area contributed by atoms with Crippen molar-refractivity contribution in [3.8, 4) is 0 Å². The first-order valence-corrected chi connectivity index (χ1v) is 9.58. The molecular weight excluding hydrogens is 382 g/mol. The van der Waals surface area contributed by atoms with Crippen LogP contribution in [0.2, 0.25) is 0 Å². The largest absolute Gasteiger partial charge is 0.385 e. The Kier molecular flexibility index (Phi) is 8.63. The lowest BCUT2D eigenvalue weighted by Gasteiger charge is -2.10. The number of hydrogen-bond acceptors (Lipinski definition) is 5. The van der Waals surface area contributed by atoms with Crippen LogP contribution in [-0.2, 0) is 9.53 Å². The summed E-state index contributed by atoms with van der Waals surface area (Å²) in [4.78, 5) is 25.0. The molecular formula is C19H21N3O3S2. The van der Waals surface area contributed by atoms with Crippen LogP contribution in [0.3, 0.4) is 0 Å². The molecule has 0 atom stereocenters. The fourth-order valence-electron chi connectivity index (χ4n) is 2.12. The second-order valence-corrected chi connectivity index (χ2v) is 6.86. The molecule has 2 aromatic rings. The second kappa shape index (κ2) is 11.2. The van der Waals surface area contributed by atoms with E-state index in [9.17, 15) is 9.59 Å². The van der Waals surface area contributed by atoms with Crippen molar-refractivity contribution in [2.45, 2.75) is 6.42 Å². The number of methoxy groups -OCH3 is 1. The van der Waals surface area contributed by atoms with Gasteiger partial charge in [-0.2, -0.15) is 0 Å². The number of carbonyl (C=O) groups excluding carboxylic acids is 2. The van der Waals surface area contributed by atoms with Gasteiger partial charge in [-0.3, -0.25) is 14.9 Å². The third-order valence-corrected chi connectivity index (χ3v) is 4.41. The maximum Gasteiger partial charge on any atom is 0.251 e. The van der Waals surface area contributed by atoms with Crippen molar-refractivity contribution in [2.75, 3.05) is 25.6 Å². The van der Waals surface area contributed by atoms with E-state index in [2.05, 4.69) is 16.0 Å². The van der Waals surface area contributed by atoms with Gasteiger partial charge in [-0.05, 0) is 54.4 Å². The summed E-state index contributed by atoms with van der Waals surface area (Å²) in [6, 6.07) is 10.7. The minimum absolute atomic E-state index is 0.161. The number of nitrogens with one attached hydrogen (secondary N) is 3. The molecule has 0 radical (unpaired) electrons. The Hall–Kier alpha value is -2.55. The van der Waals surface area contributed by atoms with Gasteiger partial charge in [0.05, 0.1) is 0 Å². The third kappa shape index (κ3) is 7.69. The van der Waals surface area contributed by atoms with E-state index in [0.29, 0.717) is 24.4 Å². The molecule has 8 heteroatoms. The Morgan fingerprint density at radius 1 is 1.26 bits per heavy atom. The number of anilines is 1. The van der Waals surface area contributed by atoms with E-state index in [-0.39, 0.29) is 16.9 Å². The van der Waals surface area contributed by atoms with Crippen molar-refractivity contribution in [1.29, 1.82) is 0 Å². The first-order chi connectivity index (χ1) is 13.1. The number of rotatable bonds is 8. The van der Waals surface area contributed by atoms with E-state index in [1.165, 1.54) is 17.4 Å². The zero-order chi connectivity index (χ0) is 19.5. The molecule has 0 fully saturated rings. The van der Waals surface area contributed by atoms with Gasteiger partial charge in [-0.1, -0.05) is 12.1 Å². The summed E-state index contributed by atoms with van der Waals surface area (Å²) < 4.78 is 4.95. The number of thiocarbonyl (C=S) groups is 1. The van der Waals surface area contributed by atoms with E-state index in [1.807, 2.05) is 17.5 Å². The van der Waals surface area contributed by atoms with Crippen LogP contribution in [0.4, 0.5) is 5.69 Å². The highest BCUT2D eigenvalue weighted by Gasteiger charge is 2.07. The molecule has 0 saturated heterocycles. The standard InChI is InChI=1S/C19H21N3O3S2/c1-25-11-4-10-20-18(24)14-5-2-6-15(13-14)21-19(26)22-17(23)9-8-16-7-3-12-27-16/h2-3,5-9,12-13H,4,10-11H2,1H3,(H,20,24)(H2,21,22,23,26)/b9-8+. The minimum atomic E-state index is -0.326. The molecule has 0 bridgehead atoms. The first-order valence-electron chi connectivity index (χ1n) is 8.29. The molecule has 3 N–H and O–H groups in total. The van der Waals surface area contributed by atoms with Crippen LogP contribution < -0.4 is 16.0 Å². The zero-order valence-corrected chi connectivity index (χ0v) is 16.5. The van der Waals surface area contributed by atoms with Crippen LogP contribution in [0.5, 0.6) is 0 Å². The predicted octanol–water partition coefficient (Wildman–Crippen LogP) is 3.04. The lowest BCUT2D eigenvalue weighted by molar-refractivity contribution is -0.115. The van der Waals surface area contributed by atoms with E-state index in [4.69, 9.17) is 17.0 Å². The Balaban J connectivity index is 1.84. The first kappa shape index (κ1) is 20.8. The van der Waals surface area contributed by atoms with Gasteiger partial charge in [0.25, 0.3) is 5.91 Å². The summed E-state index contributed by atoms with van der Waals surface area (Å²) in [6.07, 6.45) is 3.89. The quantitative estimate of drug-likeness (QED) is 0.359. The molecule has 0 spiro atoms. The van der Waals surface area contributed by atoms with E-state index in [1.54, 1.807) is 37.5 Å². The molecule has 0 aliphatic rings. The Morgan fingerprint density at radius 3 is 2.85 bits per heavy atom. The molecule has 1 aromatic heterocycles. The van der Waals surface area contributed by atoms with Gasteiger partial charge >= 0.3 is 0 Å². The van der Waals surface area contributed by atoms with Crippen LogP contribution >= 0.6 is 23.6 Å². The molecule has 0 aliphatic carbocycles. The Labute approximate surface area is 167 Å². The number of amides is 2.